The minimum atomic E-state index is -0.0160. The summed E-state index contributed by atoms with van der Waals surface area (Å²) in [7, 11) is 1.90. The van der Waals surface area contributed by atoms with Gasteiger partial charge < -0.3 is 0 Å². The molecule has 0 saturated carbocycles. The zero-order valence-corrected chi connectivity index (χ0v) is 14.6. The van der Waals surface area contributed by atoms with Crippen LogP contribution in [0.1, 0.15) is 15.9 Å². The monoisotopic (exact) mass is 391 g/mol. The first-order valence-corrected chi connectivity index (χ1v) is 8.23. The Hall–Kier alpha value is -0.390. The summed E-state index contributed by atoms with van der Waals surface area (Å²) in [6.45, 7) is 1.01. The van der Waals surface area contributed by atoms with Crippen LogP contribution in [-0.4, -0.2) is 24.3 Å². The van der Waals surface area contributed by atoms with Gasteiger partial charge in [-0.2, -0.15) is 0 Å². The zero-order chi connectivity index (χ0) is 14.7. The highest BCUT2D eigenvalue weighted by Gasteiger charge is 2.16. The Balaban J connectivity index is 1.97. The van der Waals surface area contributed by atoms with Crippen molar-refractivity contribution in [3.8, 4) is 0 Å². The van der Waals surface area contributed by atoms with Crippen LogP contribution >= 0.6 is 50.5 Å². The summed E-state index contributed by atoms with van der Waals surface area (Å²) in [6, 6.07) is 9.66. The molecule has 0 amide bonds. The standard InChI is InChI=1S/C14H12BrCl2NOS/c1-18(7-9-2-4-10(15)5-3-9)8-12(19)11-6-13(16)20-14(11)17/h2-6H,7-8H2,1H3. The molecule has 20 heavy (non-hydrogen) atoms. The molecule has 1 aromatic heterocycles. The normalized spacial score (nSPS) is 11.1. The van der Waals surface area contributed by atoms with Gasteiger partial charge in [-0.3, -0.25) is 9.69 Å². The van der Waals surface area contributed by atoms with Crippen LogP contribution in [-0.2, 0) is 6.54 Å². The van der Waals surface area contributed by atoms with Crippen LogP contribution in [0.5, 0.6) is 0 Å². The number of carbonyl (C=O) groups excluding carboxylic acids is 1. The molecule has 1 aromatic carbocycles. The molecule has 106 valence electrons. The molecule has 1 heterocycles. The SMILES string of the molecule is CN(CC(=O)c1cc(Cl)sc1Cl)Cc1ccc(Br)cc1. The average Bonchev–Trinajstić information content (AvgIpc) is 2.71. The van der Waals surface area contributed by atoms with E-state index in [1.165, 1.54) is 11.3 Å². The van der Waals surface area contributed by atoms with E-state index in [0.29, 0.717) is 27.3 Å². The molecule has 0 bridgehead atoms. The van der Waals surface area contributed by atoms with Crippen molar-refractivity contribution in [1.29, 1.82) is 0 Å². The molecule has 0 radical (unpaired) electrons. The maximum atomic E-state index is 12.1. The summed E-state index contributed by atoms with van der Waals surface area (Å²) in [5.41, 5.74) is 1.65. The van der Waals surface area contributed by atoms with Crippen LogP contribution in [0.3, 0.4) is 0 Å². The number of carbonyl (C=O) groups is 1. The second kappa shape index (κ2) is 7.05. The van der Waals surface area contributed by atoms with Gasteiger partial charge in [-0.05, 0) is 30.8 Å². The number of thiophene rings is 1. The predicted molar refractivity (Wildman–Crippen MR) is 89.1 cm³/mol. The number of hydrogen-bond donors (Lipinski definition) is 0. The van der Waals surface area contributed by atoms with E-state index in [1.807, 2.05) is 36.2 Å². The predicted octanol–water partition coefficient (Wildman–Crippen LogP) is 5.13. The molecular formula is C14H12BrCl2NOS. The molecule has 0 atom stereocenters. The van der Waals surface area contributed by atoms with E-state index >= 15 is 0 Å². The molecule has 2 aromatic rings. The number of halogens is 3. The summed E-state index contributed by atoms with van der Waals surface area (Å²) < 4.78 is 2.03. The minimum Gasteiger partial charge on any atom is -0.295 e. The van der Waals surface area contributed by atoms with Gasteiger partial charge in [0.15, 0.2) is 5.78 Å². The highest BCUT2D eigenvalue weighted by atomic mass is 79.9. The number of benzene rings is 1. The van der Waals surface area contributed by atoms with Gasteiger partial charge in [0, 0.05) is 11.0 Å². The minimum absolute atomic E-state index is 0.0160. The molecule has 0 aliphatic carbocycles. The van der Waals surface area contributed by atoms with Crippen LogP contribution in [0.25, 0.3) is 0 Å². The Morgan fingerprint density at radius 1 is 1.30 bits per heavy atom. The van der Waals surface area contributed by atoms with E-state index in [2.05, 4.69) is 15.9 Å². The van der Waals surface area contributed by atoms with E-state index in [0.717, 1.165) is 10.0 Å². The molecule has 0 N–H and O–H groups in total. The van der Waals surface area contributed by atoms with Crippen LogP contribution in [0.4, 0.5) is 0 Å². The van der Waals surface area contributed by atoms with Gasteiger partial charge in [-0.15, -0.1) is 11.3 Å². The number of rotatable bonds is 5. The zero-order valence-electron chi connectivity index (χ0n) is 10.7. The lowest BCUT2D eigenvalue weighted by molar-refractivity contribution is 0.0943. The fourth-order valence-corrected chi connectivity index (χ4v) is 3.58. The van der Waals surface area contributed by atoms with Crippen molar-refractivity contribution in [2.24, 2.45) is 0 Å². The van der Waals surface area contributed by atoms with E-state index in [-0.39, 0.29) is 5.78 Å². The van der Waals surface area contributed by atoms with Crippen molar-refractivity contribution in [3.63, 3.8) is 0 Å². The maximum Gasteiger partial charge on any atom is 0.179 e. The summed E-state index contributed by atoms with van der Waals surface area (Å²) in [5, 5.41) is 0. The molecule has 0 aliphatic heterocycles. The smallest absolute Gasteiger partial charge is 0.179 e. The Labute approximate surface area is 140 Å². The molecule has 0 saturated heterocycles. The van der Waals surface area contributed by atoms with Gasteiger partial charge in [-0.25, -0.2) is 0 Å². The number of nitrogens with zero attached hydrogens (tertiary/aromatic N) is 1. The molecule has 0 spiro atoms. The Morgan fingerprint density at radius 3 is 2.50 bits per heavy atom. The maximum absolute atomic E-state index is 12.1. The molecule has 0 unspecified atom stereocenters. The summed E-state index contributed by atoms with van der Waals surface area (Å²) in [5.74, 6) is -0.0160. The highest BCUT2D eigenvalue weighted by molar-refractivity contribution is 9.10. The van der Waals surface area contributed by atoms with Crippen molar-refractivity contribution >= 4 is 56.3 Å². The van der Waals surface area contributed by atoms with Gasteiger partial charge in [-0.1, -0.05) is 51.3 Å². The van der Waals surface area contributed by atoms with Crippen molar-refractivity contribution in [2.75, 3.05) is 13.6 Å². The lowest BCUT2D eigenvalue weighted by atomic mass is 10.2. The number of hydrogen-bond acceptors (Lipinski definition) is 3. The third kappa shape index (κ3) is 4.30. The Morgan fingerprint density at radius 2 is 1.95 bits per heavy atom. The molecule has 0 aliphatic rings. The topological polar surface area (TPSA) is 20.3 Å². The Bertz CT molecular complexity index is 612. The fraction of sp³-hybridized carbons (Fsp3) is 0.214. The number of Topliss-reactive ketones (excluding diaryl/α,β-unsaturated/α-hetero) is 1. The van der Waals surface area contributed by atoms with E-state index in [4.69, 9.17) is 23.2 Å². The molecule has 6 heteroatoms. The lowest BCUT2D eigenvalue weighted by Gasteiger charge is -2.15. The van der Waals surface area contributed by atoms with Crippen molar-refractivity contribution in [1.82, 2.24) is 4.90 Å². The van der Waals surface area contributed by atoms with Crippen LogP contribution in [0, 0.1) is 0 Å². The fourth-order valence-electron chi connectivity index (χ4n) is 1.82. The van der Waals surface area contributed by atoms with Gasteiger partial charge in [0.05, 0.1) is 16.4 Å². The molecular weight excluding hydrogens is 381 g/mol. The van der Waals surface area contributed by atoms with Gasteiger partial charge >= 0.3 is 0 Å². The van der Waals surface area contributed by atoms with E-state index in [1.54, 1.807) is 6.07 Å². The van der Waals surface area contributed by atoms with E-state index < -0.39 is 0 Å². The van der Waals surface area contributed by atoms with Crippen molar-refractivity contribution in [3.05, 3.63) is 54.6 Å². The highest BCUT2D eigenvalue weighted by Crippen LogP contribution is 2.31. The second-order valence-corrected chi connectivity index (χ2v) is 7.66. The van der Waals surface area contributed by atoms with Crippen LogP contribution in [0.2, 0.25) is 8.67 Å². The quantitative estimate of drug-likeness (QED) is 0.657. The average molecular weight is 393 g/mol. The summed E-state index contributed by atoms with van der Waals surface area (Å²) in [6.07, 6.45) is 0. The first-order valence-electron chi connectivity index (χ1n) is 5.86. The van der Waals surface area contributed by atoms with Gasteiger partial charge in [0.2, 0.25) is 0 Å². The number of ketones is 1. The lowest BCUT2D eigenvalue weighted by Crippen LogP contribution is -2.25. The Kier molecular flexibility index (Phi) is 5.64. The van der Waals surface area contributed by atoms with Crippen LogP contribution < -0.4 is 0 Å². The van der Waals surface area contributed by atoms with Gasteiger partial charge in [0.25, 0.3) is 0 Å². The van der Waals surface area contributed by atoms with Crippen molar-refractivity contribution in [2.45, 2.75) is 6.54 Å². The van der Waals surface area contributed by atoms with Gasteiger partial charge in [0.1, 0.15) is 4.34 Å². The third-order valence-corrected chi connectivity index (χ3v) is 4.75. The summed E-state index contributed by atoms with van der Waals surface area (Å²) in [4.78, 5) is 14.1. The summed E-state index contributed by atoms with van der Waals surface area (Å²) >= 11 is 16.5. The largest absolute Gasteiger partial charge is 0.295 e. The van der Waals surface area contributed by atoms with Crippen molar-refractivity contribution < 1.29 is 4.79 Å². The first kappa shape index (κ1) is 16.0. The molecule has 2 rings (SSSR count). The first-order chi connectivity index (χ1) is 9.45. The van der Waals surface area contributed by atoms with Crippen LogP contribution in [0.15, 0.2) is 34.8 Å². The number of likely N-dealkylation sites (N-methyl/N-ethyl adjacent to an activating group) is 1. The van der Waals surface area contributed by atoms with E-state index in [9.17, 15) is 4.79 Å². The molecule has 0 fully saturated rings. The second-order valence-electron chi connectivity index (χ2n) is 4.46. The third-order valence-electron chi connectivity index (χ3n) is 2.74. The molecule has 2 nitrogen and oxygen atoms in total.